The van der Waals surface area contributed by atoms with Crippen molar-refractivity contribution in [3.05, 3.63) is 59.7 Å². The molecular formula is C20H26N2O4S. The van der Waals surface area contributed by atoms with Gasteiger partial charge < -0.3 is 10.1 Å². The van der Waals surface area contributed by atoms with Crippen molar-refractivity contribution in [2.45, 2.75) is 25.2 Å². The van der Waals surface area contributed by atoms with E-state index in [0.717, 1.165) is 11.3 Å². The van der Waals surface area contributed by atoms with Gasteiger partial charge in [0.1, 0.15) is 5.75 Å². The van der Waals surface area contributed by atoms with Gasteiger partial charge in [0.05, 0.1) is 12.0 Å². The molecule has 0 aromatic heterocycles. The van der Waals surface area contributed by atoms with Crippen LogP contribution in [-0.2, 0) is 16.4 Å². The Labute approximate surface area is 161 Å². The lowest BCUT2D eigenvalue weighted by Crippen LogP contribution is -2.31. The van der Waals surface area contributed by atoms with Gasteiger partial charge in [0.2, 0.25) is 10.0 Å². The molecule has 6 nitrogen and oxygen atoms in total. The third-order valence-electron chi connectivity index (χ3n) is 4.27. The maximum Gasteiger partial charge on any atom is 0.251 e. The van der Waals surface area contributed by atoms with Crippen LogP contribution in [0.2, 0.25) is 0 Å². The lowest BCUT2D eigenvalue weighted by Gasteiger charge is -2.18. The van der Waals surface area contributed by atoms with Gasteiger partial charge in [-0.25, -0.2) is 8.42 Å². The predicted molar refractivity (Wildman–Crippen MR) is 106 cm³/mol. The molecule has 0 saturated heterocycles. The Morgan fingerprint density at radius 2 is 1.78 bits per heavy atom. The Hall–Kier alpha value is -2.38. The molecule has 0 atom stereocenters. The first-order valence-electron chi connectivity index (χ1n) is 8.93. The van der Waals surface area contributed by atoms with Gasteiger partial charge in [-0.2, -0.15) is 4.31 Å². The number of amides is 1. The van der Waals surface area contributed by atoms with E-state index in [2.05, 4.69) is 5.32 Å². The van der Waals surface area contributed by atoms with Crippen LogP contribution in [0.5, 0.6) is 5.75 Å². The Kier molecular flexibility index (Phi) is 7.38. The second-order valence-corrected chi connectivity index (χ2v) is 7.91. The van der Waals surface area contributed by atoms with Crippen molar-refractivity contribution in [1.29, 1.82) is 0 Å². The van der Waals surface area contributed by atoms with E-state index in [0.29, 0.717) is 31.6 Å². The maximum absolute atomic E-state index is 12.6. The predicted octanol–water partition coefficient (Wildman–Crippen LogP) is 2.70. The summed E-state index contributed by atoms with van der Waals surface area (Å²) in [6.45, 7) is 4.79. The third-order valence-corrected chi connectivity index (χ3v) is 6.32. The summed E-state index contributed by atoms with van der Waals surface area (Å²) in [6, 6.07) is 13.8. The molecule has 0 saturated carbocycles. The minimum absolute atomic E-state index is 0.131. The smallest absolute Gasteiger partial charge is 0.251 e. The molecule has 2 aromatic rings. The van der Waals surface area contributed by atoms with Crippen LogP contribution in [0.3, 0.4) is 0 Å². The van der Waals surface area contributed by atoms with Gasteiger partial charge in [-0.3, -0.25) is 4.79 Å². The Morgan fingerprint density at radius 1 is 1.07 bits per heavy atom. The van der Waals surface area contributed by atoms with Crippen LogP contribution in [0.4, 0.5) is 0 Å². The average Bonchev–Trinajstić information content (AvgIpc) is 2.69. The van der Waals surface area contributed by atoms with E-state index in [1.165, 1.54) is 16.4 Å². The summed E-state index contributed by atoms with van der Waals surface area (Å²) in [6.07, 6.45) is 0.653. The standard InChI is InChI=1S/C20H26N2O4S/c1-4-22(5-2)27(24,25)19-11-7-9-17(15-19)20(23)21-13-12-16-8-6-10-18(14-16)26-3/h6-11,14-15H,4-5,12-13H2,1-3H3,(H,21,23). The van der Waals surface area contributed by atoms with E-state index in [9.17, 15) is 13.2 Å². The molecule has 146 valence electrons. The molecule has 0 fully saturated rings. The summed E-state index contributed by atoms with van der Waals surface area (Å²) in [5.41, 5.74) is 1.38. The Morgan fingerprint density at radius 3 is 2.44 bits per heavy atom. The molecule has 0 unspecified atom stereocenters. The highest BCUT2D eigenvalue weighted by Crippen LogP contribution is 2.17. The number of carbonyl (C=O) groups is 1. The van der Waals surface area contributed by atoms with Crippen molar-refractivity contribution < 1.29 is 17.9 Å². The van der Waals surface area contributed by atoms with Crippen LogP contribution in [-0.4, -0.2) is 45.4 Å². The lowest BCUT2D eigenvalue weighted by molar-refractivity contribution is 0.0954. The number of nitrogens with zero attached hydrogens (tertiary/aromatic N) is 1. The average molecular weight is 391 g/mol. The number of sulfonamides is 1. The summed E-state index contributed by atoms with van der Waals surface area (Å²) in [4.78, 5) is 12.5. The topological polar surface area (TPSA) is 75.7 Å². The Bertz CT molecular complexity index is 877. The first-order valence-corrected chi connectivity index (χ1v) is 10.4. The lowest BCUT2D eigenvalue weighted by atomic mass is 10.1. The molecule has 0 aliphatic heterocycles. The highest BCUT2D eigenvalue weighted by Gasteiger charge is 2.22. The van der Waals surface area contributed by atoms with Gasteiger partial charge in [-0.05, 0) is 42.3 Å². The molecule has 7 heteroatoms. The maximum atomic E-state index is 12.6. The number of hydrogen-bond donors (Lipinski definition) is 1. The first kappa shape index (κ1) is 20.9. The zero-order valence-electron chi connectivity index (χ0n) is 15.9. The van der Waals surface area contributed by atoms with Gasteiger partial charge in [-0.15, -0.1) is 0 Å². The van der Waals surface area contributed by atoms with Crippen molar-refractivity contribution in [3.8, 4) is 5.75 Å². The second-order valence-electron chi connectivity index (χ2n) is 5.97. The molecule has 0 heterocycles. The molecule has 0 radical (unpaired) electrons. The number of carbonyl (C=O) groups excluding carboxylic acids is 1. The molecule has 1 N–H and O–H groups in total. The van der Waals surface area contributed by atoms with Gasteiger partial charge >= 0.3 is 0 Å². The van der Waals surface area contributed by atoms with Gasteiger partial charge in [0.25, 0.3) is 5.91 Å². The summed E-state index contributed by atoms with van der Waals surface area (Å²) in [5, 5.41) is 2.83. The second kappa shape index (κ2) is 9.53. The summed E-state index contributed by atoms with van der Waals surface area (Å²) in [5.74, 6) is 0.475. The number of ether oxygens (including phenoxy) is 1. The zero-order valence-corrected chi connectivity index (χ0v) is 16.8. The van der Waals surface area contributed by atoms with Crippen molar-refractivity contribution >= 4 is 15.9 Å². The monoisotopic (exact) mass is 390 g/mol. The number of nitrogens with one attached hydrogen (secondary N) is 1. The van der Waals surface area contributed by atoms with Crippen molar-refractivity contribution in [3.63, 3.8) is 0 Å². The molecule has 2 aromatic carbocycles. The summed E-state index contributed by atoms with van der Waals surface area (Å²) in [7, 11) is -1.98. The number of methoxy groups -OCH3 is 1. The Balaban J connectivity index is 2.04. The SMILES string of the molecule is CCN(CC)S(=O)(=O)c1cccc(C(=O)NCCc2cccc(OC)c2)c1. The van der Waals surface area contributed by atoms with E-state index in [4.69, 9.17) is 4.74 Å². The van der Waals surface area contributed by atoms with E-state index < -0.39 is 10.0 Å². The fourth-order valence-electron chi connectivity index (χ4n) is 2.76. The highest BCUT2D eigenvalue weighted by molar-refractivity contribution is 7.89. The largest absolute Gasteiger partial charge is 0.497 e. The van der Waals surface area contributed by atoms with Crippen molar-refractivity contribution in [1.82, 2.24) is 9.62 Å². The summed E-state index contributed by atoms with van der Waals surface area (Å²) < 4.78 is 31.8. The number of hydrogen-bond acceptors (Lipinski definition) is 4. The van der Waals surface area contributed by atoms with E-state index in [-0.39, 0.29) is 10.8 Å². The van der Waals surface area contributed by atoms with Crippen molar-refractivity contribution in [2.75, 3.05) is 26.7 Å². The molecule has 0 bridgehead atoms. The molecular weight excluding hydrogens is 364 g/mol. The van der Waals surface area contributed by atoms with Crippen LogP contribution in [0.1, 0.15) is 29.8 Å². The molecule has 2 rings (SSSR count). The van der Waals surface area contributed by atoms with Crippen molar-refractivity contribution in [2.24, 2.45) is 0 Å². The number of rotatable bonds is 9. The minimum atomic E-state index is -3.59. The molecule has 1 amide bonds. The van der Waals surface area contributed by atoms with Crippen LogP contribution in [0, 0.1) is 0 Å². The van der Waals surface area contributed by atoms with Gasteiger partial charge in [0.15, 0.2) is 0 Å². The molecule has 0 aliphatic carbocycles. The third kappa shape index (κ3) is 5.30. The minimum Gasteiger partial charge on any atom is -0.497 e. The molecule has 0 spiro atoms. The van der Waals surface area contributed by atoms with Crippen LogP contribution < -0.4 is 10.1 Å². The fraction of sp³-hybridized carbons (Fsp3) is 0.350. The summed E-state index contributed by atoms with van der Waals surface area (Å²) >= 11 is 0. The van der Waals surface area contributed by atoms with Gasteiger partial charge in [-0.1, -0.05) is 32.0 Å². The van der Waals surface area contributed by atoms with Crippen LogP contribution in [0.25, 0.3) is 0 Å². The highest BCUT2D eigenvalue weighted by atomic mass is 32.2. The first-order chi connectivity index (χ1) is 12.9. The van der Waals surface area contributed by atoms with Crippen LogP contribution >= 0.6 is 0 Å². The zero-order chi connectivity index (χ0) is 19.9. The van der Waals surface area contributed by atoms with E-state index in [1.54, 1.807) is 33.1 Å². The quantitative estimate of drug-likeness (QED) is 0.714. The van der Waals surface area contributed by atoms with Crippen LogP contribution in [0.15, 0.2) is 53.4 Å². The molecule has 0 aliphatic rings. The molecule has 27 heavy (non-hydrogen) atoms. The number of benzene rings is 2. The normalized spacial score (nSPS) is 11.4. The van der Waals surface area contributed by atoms with E-state index >= 15 is 0 Å². The van der Waals surface area contributed by atoms with E-state index in [1.807, 2.05) is 24.3 Å². The fourth-order valence-corrected chi connectivity index (χ4v) is 4.27. The van der Waals surface area contributed by atoms with Gasteiger partial charge in [0, 0.05) is 25.2 Å².